The molecule has 0 amide bonds. The average Bonchev–Trinajstić information content (AvgIpc) is 3.19. The van der Waals surface area contributed by atoms with Gasteiger partial charge in [-0.3, -0.25) is 9.67 Å². The fraction of sp³-hybridized carbons (Fsp3) is 0. The van der Waals surface area contributed by atoms with Crippen LogP contribution in [0.5, 0.6) is 0 Å². The minimum atomic E-state index is 0.330. The first-order chi connectivity index (χ1) is 12.5. The second-order valence-corrected chi connectivity index (χ2v) is 6.64. The fourth-order valence-electron chi connectivity index (χ4n) is 2.51. The molecule has 2 heterocycles. The molecule has 0 saturated heterocycles. The van der Waals surface area contributed by atoms with Gasteiger partial charge in [0.25, 0.3) is 0 Å². The number of nitrogens with zero attached hydrogens (tertiary/aromatic N) is 5. The second-order valence-electron chi connectivity index (χ2n) is 5.38. The molecule has 0 spiro atoms. The van der Waals surface area contributed by atoms with E-state index in [1.165, 1.54) is 4.68 Å². The molecule has 0 atom stereocenters. The van der Waals surface area contributed by atoms with Crippen LogP contribution in [0.3, 0.4) is 0 Å². The minimum Gasteiger partial charge on any atom is -0.382 e. The van der Waals surface area contributed by atoms with E-state index >= 15 is 0 Å². The van der Waals surface area contributed by atoms with Crippen LogP contribution in [-0.4, -0.2) is 29.8 Å². The highest BCUT2D eigenvalue weighted by Crippen LogP contribution is 2.27. The van der Waals surface area contributed by atoms with Gasteiger partial charge in [-0.1, -0.05) is 28.4 Å². The van der Waals surface area contributed by atoms with E-state index in [9.17, 15) is 0 Å². The van der Waals surface area contributed by atoms with Crippen LogP contribution in [-0.2, 0) is 0 Å². The molecule has 0 bridgehead atoms. The van der Waals surface area contributed by atoms with Crippen LogP contribution in [0.1, 0.15) is 0 Å². The van der Waals surface area contributed by atoms with Crippen LogP contribution in [0.15, 0.2) is 48.5 Å². The summed E-state index contributed by atoms with van der Waals surface area (Å²) in [5, 5.41) is 16.6. The molecule has 0 aliphatic heterocycles. The first-order valence-electron chi connectivity index (χ1n) is 7.45. The van der Waals surface area contributed by atoms with E-state index in [0.29, 0.717) is 32.2 Å². The predicted molar refractivity (Wildman–Crippen MR) is 104 cm³/mol. The quantitative estimate of drug-likeness (QED) is 0.503. The van der Waals surface area contributed by atoms with Gasteiger partial charge in [-0.25, -0.2) is 0 Å². The summed E-state index contributed by atoms with van der Waals surface area (Å²) >= 11 is 17.2. The molecular formula is C16H11Cl2N7S. The van der Waals surface area contributed by atoms with Gasteiger partial charge in [-0.15, -0.1) is 5.10 Å². The molecule has 0 aliphatic rings. The number of hydrogen-bond acceptors (Lipinski definition) is 5. The Balaban J connectivity index is 1.84. The summed E-state index contributed by atoms with van der Waals surface area (Å²) in [7, 11) is 0. The van der Waals surface area contributed by atoms with Gasteiger partial charge in [-0.05, 0) is 60.7 Å². The van der Waals surface area contributed by atoms with Gasteiger partial charge in [-0.2, -0.15) is 9.78 Å². The summed E-state index contributed by atoms with van der Waals surface area (Å²) in [6.07, 6.45) is 0. The molecule has 4 rings (SSSR count). The van der Waals surface area contributed by atoms with Crippen LogP contribution in [0.25, 0.3) is 22.9 Å². The normalized spacial score (nSPS) is 11.0. The van der Waals surface area contributed by atoms with Crippen LogP contribution >= 0.6 is 35.4 Å². The standard InChI is InChI=1S/C16H11Cl2N7S/c17-9-1-5-11(6-2-9)24-15(21-22-16(24)26)13-14(19)25(23-20-13)12-7-3-10(18)4-8-12/h1-8H,19H2,(H,22,26). The Bertz CT molecular complexity index is 1130. The topological polar surface area (TPSA) is 90.3 Å². The van der Waals surface area contributed by atoms with Gasteiger partial charge in [0.15, 0.2) is 22.1 Å². The summed E-state index contributed by atoms with van der Waals surface area (Å²) in [5.74, 6) is 0.784. The minimum absolute atomic E-state index is 0.330. The molecule has 3 N–H and O–H groups in total. The van der Waals surface area contributed by atoms with Crippen molar-refractivity contribution in [2.75, 3.05) is 5.73 Å². The zero-order valence-electron chi connectivity index (χ0n) is 13.1. The summed E-state index contributed by atoms with van der Waals surface area (Å²) in [5.41, 5.74) is 8.19. The van der Waals surface area contributed by atoms with Gasteiger partial charge < -0.3 is 5.73 Å². The van der Waals surface area contributed by atoms with E-state index in [1.54, 1.807) is 41.0 Å². The molecule has 0 fully saturated rings. The molecule has 4 aromatic rings. The van der Waals surface area contributed by atoms with Crippen LogP contribution < -0.4 is 5.73 Å². The zero-order valence-corrected chi connectivity index (χ0v) is 15.4. The van der Waals surface area contributed by atoms with Crippen molar-refractivity contribution in [1.82, 2.24) is 29.8 Å². The van der Waals surface area contributed by atoms with Crippen LogP contribution in [0, 0.1) is 4.77 Å². The molecule has 26 heavy (non-hydrogen) atoms. The van der Waals surface area contributed by atoms with Crippen molar-refractivity contribution in [3.63, 3.8) is 0 Å². The fourth-order valence-corrected chi connectivity index (χ4v) is 3.00. The number of halogens is 2. The Morgan fingerprint density at radius 2 is 1.50 bits per heavy atom. The lowest BCUT2D eigenvalue weighted by atomic mass is 10.3. The first kappa shape index (κ1) is 16.8. The third-order valence-corrected chi connectivity index (χ3v) is 4.52. The Morgan fingerprint density at radius 3 is 2.12 bits per heavy atom. The molecule has 7 nitrogen and oxygen atoms in total. The summed E-state index contributed by atoms with van der Waals surface area (Å²) in [4.78, 5) is 0. The molecular weight excluding hydrogens is 393 g/mol. The number of aromatic nitrogens is 6. The number of benzene rings is 2. The molecule has 10 heteroatoms. The lowest BCUT2D eigenvalue weighted by molar-refractivity contribution is 0.809. The van der Waals surface area contributed by atoms with Gasteiger partial charge in [0.1, 0.15) is 0 Å². The van der Waals surface area contributed by atoms with Crippen molar-refractivity contribution >= 4 is 41.2 Å². The van der Waals surface area contributed by atoms with Crippen molar-refractivity contribution in [3.05, 3.63) is 63.3 Å². The van der Waals surface area contributed by atoms with Crippen molar-refractivity contribution in [2.24, 2.45) is 0 Å². The van der Waals surface area contributed by atoms with E-state index in [1.807, 2.05) is 12.1 Å². The van der Waals surface area contributed by atoms with Crippen molar-refractivity contribution < 1.29 is 0 Å². The van der Waals surface area contributed by atoms with E-state index in [2.05, 4.69) is 20.5 Å². The third-order valence-electron chi connectivity index (χ3n) is 3.75. The number of H-pyrrole nitrogens is 1. The maximum Gasteiger partial charge on any atom is 0.200 e. The van der Waals surface area contributed by atoms with Gasteiger partial charge >= 0.3 is 0 Å². The van der Waals surface area contributed by atoms with Gasteiger partial charge in [0.2, 0.25) is 0 Å². The number of aromatic amines is 1. The summed E-state index contributed by atoms with van der Waals surface area (Å²) in [6.45, 7) is 0. The predicted octanol–water partition coefficient (Wildman–Crippen LogP) is 4.07. The highest BCUT2D eigenvalue weighted by Gasteiger charge is 2.20. The molecule has 0 unspecified atom stereocenters. The zero-order chi connectivity index (χ0) is 18.3. The lowest BCUT2D eigenvalue weighted by Gasteiger charge is -2.06. The highest BCUT2D eigenvalue weighted by molar-refractivity contribution is 7.71. The van der Waals surface area contributed by atoms with E-state index in [0.717, 1.165) is 11.4 Å². The molecule has 2 aromatic heterocycles. The number of nitrogens with one attached hydrogen (secondary N) is 1. The van der Waals surface area contributed by atoms with Crippen LogP contribution in [0.4, 0.5) is 5.82 Å². The number of rotatable bonds is 3. The Kier molecular flexibility index (Phi) is 4.23. The largest absolute Gasteiger partial charge is 0.382 e. The molecule has 130 valence electrons. The van der Waals surface area contributed by atoms with Crippen molar-refractivity contribution in [1.29, 1.82) is 0 Å². The highest BCUT2D eigenvalue weighted by atomic mass is 35.5. The number of hydrogen-bond donors (Lipinski definition) is 2. The number of nitrogen functional groups attached to an aromatic ring is 1. The Morgan fingerprint density at radius 1 is 0.923 bits per heavy atom. The van der Waals surface area contributed by atoms with Crippen molar-refractivity contribution in [2.45, 2.75) is 0 Å². The van der Waals surface area contributed by atoms with Gasteiger partial charge in [0.05, 0.1) is 11.4 Å². The maximum absolute atomic E-state index is 6.27. The third kappa shape index (κ3) is 2.88. The smallest absolute Gasteiger partial charge is 0.200 e. The van der Waals surface area contributed by atoms with E-state index in [4.69, 9.17) is 41.2 Å². The van der Waals surface area contributed by atoms with E-state index in [-0.39, 0.29) is 0 Å². The van der Waals surface area contributed by atoms with Crippen molar-refractivity contribution in [3.8, 4) is 22.9 Å². The molecule has 0 saturated carbocycles. The first-order valence-corrected chi connectivity index (χ1v) is 8.62. The molecule has 0 radical (unpaired) electrons. The van der Waals surface area contributed by atoms with Crippen LogP contribution in [0.2, 0.25) is 10.0 Å². The SMILES string of the molecule is Nc1c(-c2n[nH]c(=S)n2-c2ccc(Cl)cc2)nnn1-c1ccc(Cl)cc1. The van der Waals surface area contributed by atoms with Gasteiger partial charge in [0, 0.05) is 10.0 Å². The monoisotopic (exact) mass is 403 g/mol. The lowest BCUT2D eigenvalue weighted by Crippen LogP contribution is -2.03. The number of anilines is 1. The summed E-state index contributed by atoms with van der Waals surface area (Å²) < 4.78 is 3.64. The average molecular weight is 404 g/mol. The Labute approximate surface area is 163 Å². The molecule has 2 aromatic carbocycles. The second kappa shape index (κ2) is 6.56. The number of nitrogens with two attached hydrogens (primary N) is 1. The van der Waals surface area contributed by atoms with E-state index < -0.39 is 0 Å². The molecule has 0 aliphatic carbocycles. The maximum atomic E-state index is 6.27. The Hall–Kier alpha value is -2.68. The summed E-state index contributed by atoms with van der Waals surface area (Å²) in [6, 6.07) is 14.3.